The van der Waals surface area contributed by atoms with Crippen LogP contribution in [0.25, 0.3) is 0 Å². The molecule has 1 fully saturated rings. The quantitative estimate of drug-likeness (QED) is 0.856. The zero-order valence-electron chi connectivity index (χ0n) is 11.7. The molecular weight excluding hydrogens is 256 g/mol. The molecule has 0 bridgehead atoms. The highest BCUT2D eigenvalue weighted by Gasteiger charge is 2.20. The van der Waals surface area contributed by atoms with E-state index in [1.54, 1.807) is 4.90 Å². The Kier molecular flexibility index (Phi) is 4.98. The first-order valence-corrected chi connectivity index (χ1v) is 6.90. The Balaban J connectivity index is 1.66. The van der Waals surface area contributed by atoms with E-state index in [1.807, 2.05) is 31.2 Å². The predicted octanol–water partition coefficient (Wildman–Crippen LogP) is 1.50. The van der Waals surface area contributed by atoms with Crippen LogP contribution >= 0.6 is 0 Å². The summed E-state index contributed by atoms with van der Waals surface area (Å²) in [4.78, 5) is 24.5. The van der Waals surface area contributed by atoms with E-state index in [1.165, 1.54) is 11.1 Å². The first kappa shape index (κ1) is 14.4. The van der Waals surface area contributed by atoms with Crippen molar-refractivity contribution >= 4 is 12.0 Å². The van der Waals surface area contributed by atoms with Crippen LogP contribution < -0.4 is 5.32 Å². The molecular formula is C15H20N2O3. The van der Waals surface area contributed by atoms with Gasteiger partial charge in [0.25, 0.3) is 0 Å². The van der Waals surface area contributed by atoms with Crippen LogP contribution in [-0.4, -0.2) is 43.1 Å². The Labute approximate surface area is 118 Å². The van der Waals surface area contributed by atoms with Gasteiger partial charge in [-0.3, -0.25) is 4.79 Å². The summed E-state index contributed by atoms with van der Waals surface area (Å²) in [6.45, 7) is 4.08. The standard InChI is InChI=1S/C15H20N2O3/c1-12-4-2-3-5-13(12)6-7-14(18)16-8-9-17-10-11-20-15(17)19/h2-5H,6-11H2,1H3,(H,16,18). The van der Waals surface area contributed by atoms with Crippen LogP contribution in [0.3, 0.4) is 0 Å². The number of carbonyl (C=O) groups is 2. The van der Waals surface area contributed by atoms with E-state index < -0.39 is 0 Å². The van der Waals surface area contributed by atoms with E-state index in [-0.39, 0.29) is 12.0 Å². The average molecular weight is 276 g/mol. The van der Waals surface area contributed by atoms with Gasteiger partial charge in [0.15, 0.2) is 0 Å². The molecule has 5 heteroatoms. The Morgan fingerprint density at radius 1 is 1.40 bits per heavy atom. The Morgan fingerprint density at radius 3 is 2.90 bits per heavy atom. The Hall–Kier alpha value is -2.04. The predicted molar refractivity (Wildman–Crippen MR) is 75.4 cm³/mol. The number of carbonyl (C=O) groups excluding carboxylic acids is 2. The van der Waals surface area contributed by atoms with E-state index in [4.69, 9.17) is 4.74 Å². The molecule has 1 aliphatic rings. The molecule has 20 heavy (non-hydrogen) atoms. The Morgan fingerprint density at radius 2 is 2.20 bits per heavy atom. The van der Waals surface area contributed by atoms with Gasteiger partial charge in [-0.15, -0.1) is 0 Å². The third-order valence-electron chi connectivity index (χ3n) is 3.43. The van der Waals surface area contributed by atoms with Crippen molar-refractivity contribution in [1.29, 1.82) is 0 Å². The maximum absolute atomic E-state index is 11.7. The van der Waals surface area contributed by atoms with E-state index in [0.717, 1.165) is 6.42 Å². The van der Waals surface area contributed by atoms with Crippen LogP contribution in [0.2, 0.25) is 0 Å². The normalized spacial score (nSPS) is 14.2. The maximum atomic E-state index is 11.7. The molecule has 0 aromatic heterocycles. The third kappa shape index (κ3) is 3.98. The topological polar surface area (TPSA) is 58.6 Å². The number of cyclic esters (lactones) is 1. The van der Waals surface area contributed by atoms with Crippen molar-refractivity contribution < 1.29 is 14.3 Å². The fourth-order valence-corrected chi connectivity index (χ4v) is 2.19. The van der Waals surface area contributed by atoms with Crippen molar-refractivity contribution in [3.05, 3.63) is 35.4 Å². The van der Waals surface area contributed by atoms with Crippen molar-refractivity contribution in [1.82, 2.24) is 10.2 Å². The van der Waals surface area contributed by atoms with Gasteiger partial charge in [-0.1, -0.05) is 24.3 Å². The van der Waals surface area contributed by atoms with Crippen molar-refractivity contribution in [2.24, 2.45) is 0 Å². The molecule has 2 rings (SSSR count). The van der Waals surface area contributed by atoms with E-state index in [2.05, 4.69) is 5.32 Å². The van der Waals surface area contributed by atoms with Gasteiger partial charge in [0, 0.05) is 19.5 Å². The average Bonchev–Trinajstić information content (AvgIpc) is 2.84. The first-order chi connectivity index (χ1) is 9.66. The van der Waals surface area contributed by atoms with Gasteiger partial charge in [0.1, 0.15) is 6.61 Å². The minimum Gasteiger partial charge on any atom is -0.448 e. The van der Waals surface area contributed by atoms with Crippen LogP contribution in [0.4, 0.5) is 4.79 Å². The lowest BCUT2D eigenvalue weighted by Crippen LogP contribution is -2.35. The number of benzene rings is 1. The molecule has 0 aliphatic carbocycles. The molecule has 2 amide bonds. The summed E-state index contributed by atoms with van der Waals surface area (Å²) < 4.78 is 4.82. The minimum atomic E-state index is -0.292. The van der Waals surface area contributed by atoms with E-state index in [9.17, 15) is 9.59 Å². The summed E-state index contributed by atoms with van der Waals surface area (Å²) in [7, 11) is 0. The van der Waals surface area contributed by atoms with Gasteiger partial charge in [-0.25, -0.2) is 4.79 Å². The van der Waals surface area contributed by atoms with Crippen LogP contribution in [0.15, 0.2) is 24.3 Å². The van der Waals surface area contributed by atoms with Crippen LogP contribution in [0.1, 0.15) is 17.5 Å². The molecule has 1 aliphatic heterocycles. The molecule has 1 aromatic rings. The zero-order chi connectivity index (χ0) is 14.4. The molecule has 1 saturated heterocycles. The largest absolute Gasteiger partial charge is 0.448 e. The number of ether oxygens (including phenoxy) is 1. The lowest BCUT2D eigenvalue weighted by Gasteiger charge is -2.13. The molecule has 1 heterocycles. The van der Waals surface area contributed by atoms with Gasteiger partial charge in [0.05, 0.1) is 6.54 Å². The molecule has 0 spiro atoms. The minimum absolute atomic E-state index is 0.0146. The number of rotatable bonds is 6. The summed E-state index contributed by atoms with van der Waals surface area (Å²) in [6.07, 6.45) is 0.915. The highest BCUT2D eigenvalue weighted by molar-refractivity contribution is 5.76. The van der Waals surface area contributed by atoms with Crippen LogP contribution in [0.5, 0.6) is 0 Å². The van der Waals surface area contributed by atoms with Gasteiger partial charge in [-0.2, -0.15) is 0 Å². The highest BCUT2D eigenvalue weighted by atomic mass is 16.6. The smallest absolute Gasteiger partial charge is 0.409 e. The fourth-order valence-electron chi connectivity index (χ4n) is 2.19. The second kappa shape index (κ2) is 6.93. The van der Waals surface area contributed by atoms with Gasteiger partial charge in [-0.05, 0) is 24.5 Å². The molecule has 5 nitrogen and oxygen atoms in total. The third-order valence-corrected chi connectivity index (χ3v) is 3.43. The lowest BCUT2D eigenvalue weighted by atomic mass is 10.0. The molecule has 0 atom stereocenters. The number of aryl methyl sites for hydroxylation is 2. The number of nitrogens with zero attached hydrogens (tertiary/aromatic N) is 1. The molecule has 1 N–H and O–H groups in total. The molecule has 108 valence electrons. The van der Waals surface area contributed by atoms with Crippen molar-refractivity contribution in [3.63, 3.8) is 0 Å². The number of hydrogen-bond acceptors (Lipinski definition) is 3. The summed E-state index contributed by atoms with van der Waals surface area (Å²) in [5, 5.41) is 2.83. The molecule has 0 radical (unpaired) electrons. The summed E-state index contributed by atoms with van der Waals surface area (Å²) >= 11 is 0. The molecule has 0 saturated carbocycles. The van der Waals surface area contributed by atoms with Gasteiger partial charge >= 0.3 is 6.09 Å². The second-order valence-electron chi connectivity index (χ2n) is 4.88. The molecule has 1 aromatic carbocycles. The van der Waals surface area contributed by atoms with Crippen LogP contribution in [-0.2, 0) is 16.0 Å². The number of hydrogen-bond donors (Lipinski definition) is 1. The first-order valence-electron chi connectivity index (χ1n) is 6.90. The zero-order valence-corrected chi connectivity index (χ0v) is 11.7. The van der Waals surface area contributed by atoms with E-state index >= 15 is 0 Å². The highest BCUT2D eigenvalue weighted by Crippen LogP contribution is 2.09. The fraction of sp³-hybridized carbons (Fsp3) is 0.467. The van der Waals surface area contributed by atoms with Crippen molar-refractivity contribution in [3.8, 4) is 0 Å². The monoisotopic (exact) mass is 276 g/mol. The Bertz CT molecular complexity index is 488. The summed E-state index contributed by atoms with van der Waals surface area (Å²) in [5.74, 6) is 0.0146. The number of nitrogens with one attached hydrogen (secondary N) is 1. The molecule has 0 unspecified atom stereocenters. The van der Waals surface area contributed by atoms with Crippen molar-refractivity contribution in [2.45, 2.75) is 19.8 Å². The number of amides is 2. The summed E-state index contributed by atoms with van der Waals surface area (Å²) in [6, 6.07) is 8.07. The second-order valence-corrected chi connectivity index (χ2v) is 4.88. The van der Waals surface area contributed by atoms with Gasteiger partial charge in [0.2, 0.25) is 5.91 Å². The van der Waals surface area contributed by atoms with E-state index in [0.29, 0.717) is 32.7 Å². The lowest BCUT2D eigenvalue weighted by molar-refractivity contribution is -0.121. The van der Waals surface area contributed by atoms with Crippen molar-refractivity contribution in [2.75, 3.05) is 26.2 Å². The summed E-state index contributed by atoms with van der Waals surface area (Å²) in [5.41, 5.74) is 2.41. The van der Waals surface area contributed by atoms with Crippen LogP contribution in [0, 0.1) is 6.92 Å². The van der Waals surface area contributed by atoms with Gasteiger partial charge < -0.3 is 15.0 Å². The SMILES string of the molecule is Cc1ccccc1CCC(=O)NCCN1CCOC1=O. The maximum Gasteiger partial charge on any atom is 0.409 e.